The molecule has 26 heavy (non-hydrogen) atoms. The van der Waals surface area contributed by atoms with Crippen LogP contribution >= 0.6 is 43.2 Å². The Kier molecular flexibility index (Phi) is 5.02. The lowest BCUT2D eigenvalue weighted by Crippen LogP contribution is -2.14. The summed E-state index contributed by atoms with van der Waals surface area (Å²) in [6, 6.07) is 13.7. The van der Waals surface area contributed by atoms with E-state index < -0.39 is 0 Å². The fourth-order valence-corrected chi connectivity index (χ4v) is 4.58. The second-order valence-electron chi connectivity index (χ2n) is 5.84. The molecule has 2 aromatic carbocycles. The first kappa shape index (κ1) is 17.6. The number of carbonyl (C=O) groups is 1. The van der Waals surface area contributed by atoms with E-state index >= 15 is 0 Å². The molecule has 0 N–H and O–H groups in total. The van der Waals surface area contributed by atoms with Gasteiger partial charge in [0, 0.05) is 20.7 Å². The van der Waals surface area contributed by atoms with Gasteiger partial charge in [-0.15, -0.1) is 11.3 Å². The van der Waals surface area contributed by atoms with Gasteiger partial charge in [0.2, 0.25) is 0 Å². The Balaban J connectivity index is 1.68. The van der Waals surface area contributed by atoms with E-state index in [1.165, 1.54) is 11.3 Å². The first-order chi connectivity index (χ1) is 12.6. The number of thiazole rings is 1. The molecule has 0 saturated carbocycles. The molecule has 0 spiro atoms. The summed E-state index contributed by atoms with van der Waals surface area (Å²) < 4.78 is 3.86. The maximum Gasteiger partial charge on any atom is 0.161 e. The Morgan fingerprint density at radius 3 is 2.77 bits per heavy atom. The number of para-hydroxylation sites is 2. The van der Waals surface area contributed by atoms with Gasteiger partial charge in [-0.25, -0.2) is 9.97 Å². The van der Waals surface area contributed by atoms with Crippen LogP contribution in [0.25, 0.3) is 22.6 Å². The fourth-order valence-electron chi connectivity index (χ4n) is 2.86. The van der Waals surface area contributed by atoms with Crippen LogP contribution in [0.15, 0.2) is 62.3 Å². The zero-order valence-electron chi connectivity index (χ0n) is 13.5. The topological polar surface area (TPSA) is 47.8 Å². The van der Waals surface area contributed by atoms with Gasteiger partial charge in [-0.05, 0) is 29.8 Å². The summed E-state index contributed by atoms with van der Waals surface area (Å²) in [5, 5.41) is 1.95. The van der Waals surface area contributed by atoms with Crippen LogP contribution in [0.1, 0.15) is 5.56 Å². The summed E-state index contributed by atoms with van der Waals surface area (Å²) in [4.78, 5) is 21.8. The molecule has 7 heteroatoms. The summed E-state index contributed by atoms with van der Waals surface area (Å²) in [5.41, 5.74) is 5.35. The molecule has 2 heterocycles. The number of ketones is 1. The SMILES string of the molecule is O=C(Cc1ccc(Br)cc1Br)Cn1c(-c2cscn2)nc2ccccc21. The van der Waals surface area contributed by atoms with Crippen molar-refractivity contribution in [2.75, 3.05) is 0 Å². The first-order valence-corrected chi connectivity index (χ1v) is 10.4. The lowest BCUT2D eigenvalue weighted by molar-refractivity contribution is -0.118. The molecule has 0 bridgehead atoms. The number of hydrogen-bond donors (Lipinski definition) is 0. The van der Waals surface area contributed by atoms with E-state index in [2.05, 4.69) is 41.8 Å². The van der Waals surface area contributed by atoms with Crippen LogP contribution < -0.4 is 0 Å². The van der Waals surface area contributed by atoms with E-state index in [1.807, 2.05) is 52.4 Å². The van der Waals surface area contributed by atoms with Crippen molar-refractivity contribution < 1.29 is 4.79 Å². The number of fused-ring (bicyclic) bond motifs is 1. The molecule has 2 aromatic heterocycles. The van der Waals surface area contributed by atoms with Crippen molar-refractivity contribution in [2.45, 2.75) is 13.0 Å². The van der Waals surface area contributed by atoms with Gasteiger partial charge in [0.15, 0.2) is 11.6 Å². The fraction of sp³-hybridized carbons (Fsp3) is 0.105. The highest BCUT2D eigenvalue weighted by Gasteiger charge is 2.17. The van der Waals surface area contributed by atoms with Gasteiger partial charge in [-0.1, -0.05) is 50.1 Å². The Bertz CT molecular complexity index is 1090. The van der Waals surface area contributed by atoms with Gasteiger partial charge in [-0.3, -0.25) is 4.79 Å². The largest absolute Gasteiger partial charge is 0.315 e. The van der Waals surface area contributed by atoms with Crippen LogP contribution in [0.3, 0.4) is 0 Å². The molecule has 4 rings (SSSR count). The highest BCUT2D eigenvalue weighted by atomic mass is 79.9. The Hall–Kier alpha value is -1.83. The molecule has 0 saturated heterocycles. The normalized spacial score (nSPS) is 11.2. The Morgan fingerprint density at radius 1 is 1.15 bits per heavy atom. The van der Waals surface area contributed by atoms with E-state index in [1.54, 1.807) is 5.51 Å². The predicted octanol–water partition coefficient (Wildman–Crippen LogP) is 5.50. The maximum absolute atomic E-state index is 12.8. The third kappa shape index (κ3) is 3.51. The minimum Gasteiger partial charge on any atom is -0.315 e. The van der Waals surface area contributed by atoms with Crippen molar-refractivity contribution in [3.63, 3.8) is 0 Å². The number of halogens is 2. The van der Waals surface area contributed by atoms with Crippen LogP contribution in [-0.2, 0) is 17.8 Å². The number of rotatable bonds is 5. The van der Waals surface area contributed by atoms with Gasteiger partial charge in [0.05, 0.1) is 23.1 Å². The highest BCUT2D eigenvalue weighted by molar-refractivity contribution is 9.11. The third-order valence-electron chi connectivity index (χ3n) is 4.05. The zero-order chi connectivity index (χ0) is 18.1. The van der Waals surface area contributed by atoms with Gasteiger partial charge in [0.1, 0.15) is 5.69 Å². The molecule has 0 aliphatic heterocycles. The molecule has 130 valence electrons. The summed E-state index contributed by atoms with van der Waals surface area (Å²) >= 11 is 8.48. The van der Waals surface area contributed by atoms with Crippen molar-refractivity contribution >= 4 is 60.0 Å². The lowest BCUT2D eigenvalue weighted by Gasteiger charge is -2.09. The summed E-state index contributed by atoms with van der Waals surface area (Å²) in [6.07, 6.45) is 0.358. The van der Waals surface area contributed by atoms with E-state index in [0.717, 1.165) is 37.1 Å². The van der Waals surface area contributed by atoms with Crippen LogP contribution in [0, 0.1) is 0 Å². The number of carbonyl (C=O) groups excluding carboxylic acids is 1. The monoisotopic (exact) mass is 489 g/mol. The maximum atomic E-state index is 12.8. The molecular formula is C19H13Br2N3OS. The van der Waals surface area contributed by atoms with Crippen LogP contribution in [0.4, 0.5) is 0 Å². The molecule has 0 fully saturated rings. The Morgan fingerprint density at radius 2 is 2.00 bits per heavy atom. The standard InChI is InChI=1S/C19H13Br2N3OS/c20-13-6-5-12(15(21)8-13)7-14(25)9-24-18-4-2-1-3-16(18)23-19(24)17-10-26-11-22-17/h1-6,8,10-11H,7,9H2. The third-order valence-corrected chi connectivity index (χ3v) is 5.87. The van der Waals surface area contributed by atoms with E-state index in [-0.39, 0.29) is 12.3 Å². The first-order valence-electron chi connectivity index (χ1n) is 7.91. The van der Waals surface area contributed by atoms with Crippen molar-refractivity contribution in [3.05, 3.63) is 67.9 Å². The number of Topliss-reactive ketones (excluding diaryl/α,β-unsaturated/α-hetero) is 1. The van der Waals surface area contributed by atoms with Gasteiger partial charge >= 0.3 is 0 Å². The minimum absolute atomic E-state index is 0.118. The quantitative estimate of drug-likeness (QED) is 0.371. The van der Waals surface area contributed by atoms with E-state index in [0.29, 0.717) is 6.42 Å². The number of benzene rings is 2. The molecule has 0 amide bonds. The van der Waals surface area contributed by atoms with Crippen LogP contribution in [-0.4, -0.2) is 20.3 Å². The van der Waals surface area contributed by atoms with Crippen LogP contribution in [0.5, 0.6) is 0 Å². The van der Waals surface area contributed by atoms with Crippen molar-refractivity contribution in [3.8, 4) is 11.5 Å². The molecule has 4 nitrogen and oxygen atoms in total. The molecule has 4 aromatic rings. The average molecular weight is 491 g/mol. The Labute approximate surface area is 171 Å². The summed E-state index contributed by atoms with van der Waals surface area (Å²) in [7, 11) is 0. The number of aromatic nitrogens is 3. The molecule has 0 aliphatic rings. The predicted molar refractivity (Wildman–Crippen MR) is 111 cm³/mol. The van der Waals surface area contributed by atoms with Gasteiger partial charge in [-0.2, -0.15) is 0 Å². The minimum atomic E-state index is 0.118. The number of imidazole rings is 1. The van der Waals surface area contributed by atoms with Crippen molar-refractivity contribution in [1.82, 2.24) is 14.5 Å². The molecule has 0 aliphatic carbocycles. The van der Waals surface area contributed by atoms with E-state index in [4.69, 9.17) is 0 Å². The number of nitrogens with zero attached hydrogens (tertiary/aromatic N) is 3. The number of hydrogen-bond acceptors (Lipinski definition) is 4. The highest BCUT2D eigenvalue weighted by Crippen LogP contribution is 2.26. The molecule has 0 unspecified atom stereocenters. The van der Waals surface area contributed by atoms with Gasteiger partial charge in [0.25, 0.3) is 0 Å². The van der Waals surface area contributed by atoms with Crippen molar-refractivity contribution in [2.24, 2.45) is 0 Å². The lowest BCUT2D eigenvalue weighted by atomic mass is 10.1. The second-order valence-corrected chi connectivity index (χ2v) is 8.32. The summed E-state index contributed by atoms with van der Waals surface area (Å²) in [6.45, 7) is 0.260. The zero-order valence-corrected chi connectivity index (χ0v) is 17.5. The smallest absolute Gasteiger partial charge is 0.161 e. The van der Waals surface area contributed by atoms with Crippen molar-refractivity contribution in [1.29, 1.82) is 0 Å². The molecule has 0 radical (unpaired) electrons. The molecule has 0 atom stereocenters. The second kappa shape index (κ2) is 7.42. The molecular weight excluding hydrogens is 478 g/mol. The van der Waals surface area contributed by atoms with Gasteiger partial charge < -0.3 is 4.57 Å². The summed E-state index contributed by atoms with van der Waals surface area (Å²) in [5.74, 6) is 0.850. The van der Waals surface area contributed by atoms with E-state index in [9.17, 15) is 4.79 Å². The average Bonchev–Trinajstić information content (AvgIpc) is 3.26. The van der Waals surface area contributed by atoms with Crippen LogP contribution in [0.2, 0.25) is 0 Å².